The maximum Gasteiger partial charge on any atom is 0.237 e. The van der Waals surface area contributed by atoms with Crippen LogP contribution in [0.2, 0.25) is 0 Å². The molecule has 0 saturated carbocycles. The number of thioether (sulfide) groups is 1. The number of rotatable bonds is 7. The molecule has 5 nitrogen and oxygen atoms in total. The largest absolute Gasteiger partial charge is 0.357 e. The summed E-state index contributed by atoms with van der Waals surface area (Å²) in [4.78, 5) is 12.4. The van der Waals surface area contributed by atoms with E-state index in [-0.39, 0.29) is 11.2 Å². The molecule has 1 aliphatic rings. The lowest BCUT2D eigenvalue weighted by atomic mass is 10.1. The van der Waals surface area contributed by atoms with E-state index >= 15 is 0 Å². The predicted molar refractivity (Wildman–Crippen MR) is 101 cm³/mol. The van der Waals surface area contributed by atoms with Crippen molar-refractivity contribution in [1.29, 1.82) is 0 Å². The topological polar surface area (TPSA) is 66.9 Å². The zero-order valence-corrected chi connectivity index (χ0v) is 15.2. The van der Waals surface area contributed by atoms with Gasteiger partial charge in [0.1, 0.15) is 0 Å². The highest BCUT2D eigenvalue weighted by Crippen LogP contribution is 2.30. The van der Waals surface area contributed by atoms with Crippen molar-refractivity contribution in [2.24, 2.45) is 0 Å². The maximum atomic E-state index is 12.4. The Morgan fingerprint density at radius 3 is 3.08 bits per heavy atom. The van der Waals surface area contributed by atoms with Crippen molar-refractivity contribution in [3.63, 3.8) is 0 Å². The molecule has 1 heterocycles. The van der Waals surface area contributed by atoms with Crippen LogP contribution >= 0.6 is 23.1 Å². The molecule has 24 heavy (non-hydrogen) atoms. The molecule has 1 aromatic heterocycles. The molecule has 0 radical (unpaired) electrons. The third-order valence-electron chi connectivity index (χ3n) is 3.82. The molecule has 0 aliphatic heterocycles. The second-order valence-corrected chi connectivity index (χ2v) is 8.19. The van der Waals surface area contributed by atoms with Crippen molar-refractivity contribution < 1.29 is 4.79 Å². The molecular formula is C17H20N4OS2. The molecule has 1 aliphatic carbocycles. The van der Waals surface area contributed by atoms with Gasteiger partial charge in [0.25, 0.3) is 0 Å². The van der Waals surface area contributed by atoms with E-state index in [2.05, 4.69) is 39.5 Å². The van der Waals surface area contributed by atoms with Gasteiger partial charge < -0.3 is 10.6 Å². The fourth-order valence-electron chi connectivity index (χ4n) is 2.59. The Morgan fingerprint density at radius 1 is 1.42 bits per heavy atom. The molecule has 7 heteroatoms. The van der Waals surface area contributed by atoms with Crippen molar-refractivity contribution in [3.05, 3.63) is 42.0 Å². The van der Waals surface area contributed by atoms with Gasteiger partial charge in [0.15, 0.2) is 4.34 Å². The molecule has 0 saturated heterocycles. The van der Waals surface area contributed by atoms with Gasteiger partial charge in [0, 0.05) is 12.2 Å². The number of aromatic nitrogens is 2. The fraction of sp³-hybridized carbons (Fsp3) is 0.353. The van der Waals surface area contributed by atoms with Crippen molar-refractivity contribution in [2.45, 2.75) is 35.8 Å². The average Bonchev–Trinajstić information content (AvgIpc) is 3.21. The van der Waals surface area contributed by atoms with Crippen molar-refractivity contribution in [1.82, 2.24) is 10.2 Å². The number of carbonyl (C=O) groups is 1. The lowest BCUT2D eigenvalue weighted by Crippen LogP contribution is -2.22. The lowest BCUT2D eigenvalue weighted by Gasteiger charge is -2.11. The molecule has 1 aromatic carbocycles. The Labute approximate surface area is 150 Å². The molecule has 1 atom stereocenters. The summed E-state index contributed by atoms with van der Waals surface area (Å²) in [6, 6.07) is 6.21. The van der Waals surface area contributed by atoms with Gasteiger partial charge in [-0.15, -0.1) is 16.8 Å². The minimum atomic E-state index is -0.238. The number of anilines is 2. The van der Waals surface area contributed by atoms with Crippen LogP contribution in [0.3, 0.4) is 0 Å². The third kappa shape index (κ3) is 4.15. The summed E-state index contributed by atoms with van der Waals surface area (Å²) in [5.74, 6) is -0.0197. The number of amides is 1. The minimum Gasteiger partial charge on any atom is -0.357 e. The number of aryl methyl sites for hydroxylation is 2. The number of hydrogen-bond acceptors (Lipinski definition) is 6. The second-order valence-electron chi connectivity index (χ2n) is 5.63. The molecule has 3 rings (SSSR count). The minimum absolute atomic E-state index is 0.0197. The summed E-state index contributed by atoms with van der Waals surface area (Å²) in [6.45, 7) is 6.18. The lowest BCUT2D eigenvalue weighted by molar-refractivity contribution is -0.115. The first-order valence-corrected chi connectivity index (χ1v) is 9.63. The highest BCUT2D eigenvalue weighted by Gasteiger charge is 2.18. The van der Waals surface area contributed by atoms with E-state index in [4.69, 9.17) is 0 Å². The zero-order chi connectivity index (χ0) is 16.9. The van der Waals surface area contributed by atoms with Crippen LogP contribution in [0.1, 0.15) is 24.5 Å². The number of carbonyl (C=O) groups excluding carboxylic acids is 1. The molecule has 1 amide bonds. The van der Waals surface area contributed by atoms with E-state index in [0.717, 1.165) is 28.0 Å². The molecule has 2 aromatic rings. The van der Waals surface area contributed by atoms with Gasteiger partial charge in [0.05, 0.1) is 5.25 Å². The number of nitrogens with one attached hydrogen (secondary N) is 2. The van der Waals surface area contributed by atoms with Gasteiger partial charge in [-0.05, 0) is 49.4 Å². The van der Waals surface area contributed by atoms with Crippen LogP contribution in [0, 0.1) is 0 Å². The normalized spacial score (nSPS) is 14.0. The summed E-state index contributed by atoms with van der Waals surface area (Å²) in [6.07, 6.45) is 5.23. The van der Waals surface area contributed by atoms with Crippen LogP contribution in [-0.4, -0.2) is 27.9 Å². The summed E-state index contributed by atoms with van der Waals surface area (Å²) < 4.78 is 0.776. The summed E-state index contributed by atoms with van der Waals surface area (Å²) in [5, 5.41) is 14.7. The van der Waals surface area contributed by atoms with Crippen LogP contribution < -0.4 is 10.6 Å². The van der Waals surface area contributed by atoms with Crippen LogP contribution in [0.4, 0.5) is 10.8 Å². The summed E-state index contributed by atoms with van der Waals surface area (Å²) in [5.41, 5.74) is 3.64. The van der Waals surface area contributed by atoms with Crippen LogP contribution in [-0.2, 0) is 17.6 Å². The van der Waals surface area contributed by atoms with E-state index < -0.39 is 0 Å². The van der Waals surface area contributed by atoms with Crippen LogP contribution in [0.15, 0.2) is 35.2 Å². The van der Waals surface area contributed by atoms with E-state index in [1.165, 1.54) is 40.6 Å². The number of hydrogen-bond donors (Lipinski definition) is 2. The van der Waals surface area contributed by atoms with Gasteiger partial charge in [0.2, 0.25) is 11.0 Å². The van der Waals surface area contributed by atoms with Crippen molar-refractivity contribution >= 4 is 39.8 Å². The Hall–Kier alpha value is -1.86. The SMILES string of the molecule is C=CCNc1nnc(S[C@H](C)C(=O)Nc2ccc3c(c2)CCC3)s1. The molecule has 2 N–H and O–H groups in total. The Bertz CT molecular complexity index is 744. The number of benzene rings is 1. The van der Waals surface area contributed by atoms with Gasteiger partial charge in [-0.2, -0.15) is 0 Å². The summed E-state index contributed by atoms with van der Waals surface area (Å²) in [7, 11) is 0. The first kappa shape index (κ1) is 17.0. The Balaban J connectivity index is 1.56. The highest BCUT2D eigenvalue weighted by atomic mass is 32.2. The molecule has 0 unspecified atom stereocenters. The van der Waals surface area contributed by atoms with Crippen molar-refractivity contribution in [2.75, 3.05) is 17.2 Å². The van der Waals surface area contributed by atoms with Gasteiger partial charge >= 0.3 is 0 Å². The van der Waals surface area contributed by atoms with Crippen molar-refractivity contribution in [3.8, 4) is 0 Å². The van der Waals surface area contributed by atoms with Gasteiger partial charge in [-0.1, -0.05) is 35.2 Å². The first-order valence-electron chi connectivity index (χ1n) is 7.93. The molecule has 0 spiro atoms. The quantitative estimate of drug-likeness (QED) is 0.581. The number of fused-ring (bicyclic) bond motifs is 1. The van der Waals surface area contributed by atoms with Crippen LogP contribution in [0.25, 0.3) is 0 Å². The zero-order valence-electron chi connectivity index (χ0n) is 13.5. The van der Waals surface area contributed by atoms with E-state index in [1.54, 1.807) is 6.08 Å². The van der Waals surface area contributed by atoms with E-state index in [1.807, 2.05) is 13.0 Å². The number of nitrogens with zero attached hydrogens (tertiary/aromatic N) is 2. The molecular weight excluding hydrogens is 340 g/mol. The molecule has 126 valence electrons. The summed E-state index contributed by atoms with van der Waals surface area (Å²) >= 11 is 2.86. The monoisotopic (exact) mass is 360 g/mol. The standard InChI is InChI=1S/C17H20N4OS2/c1-3-9-18-16-20-21-17(24-16)23-11(2)15(22)19-14-8-7-12-5-4-6-13(12)10-14/h3,7-8,10-11H,1,4-6,9H2,2H3,(H,18,20)(H,19,22)/t11-/m1/s1. The molecule has 0 fully saturated rings. The van der Waals surface area contributed by atoms with Gasteiger partial charge in [-0.3, -0.25) is 4.79 Å². The first-order chi connectivity index (χ1) is 11.7. The Morgan fingerprint density at radius 2 is 2.25 bits per heavy atom. The van der Waals surface area contributed by atoms with Gasteiger partial charge in [-0.25, -0.2) is 0 Å². The Kier molecular flexibility index (Phi) is 5.52. The third-order valence-corrected chi connectivity index (χ3v) is 5.88. The predicted octanol–water partition coefficient (Wildman–Crippen LogP) is 3.74. The van der Waals surface area contributed by atoms with E-state index in [9.17, 15) is 4.79 Å². The van der Waals surface area contributed by atoms with Crippen LogP contribution in [0.5, 0.6) is 0 Å². The average molecular weight is 361 g/mol. The van der Waals surface area contributed by atoms with E-state index in [0.29, 0.717) is 6.54 Å². The fourth-order valence-corrected chi connectivity index (χ4v) is 4.49. The highest BCUT2D eigenvalue weighted by molar-refractivity contribution is 8.02. The second kappa shape index (κ2) is 7.81. The molecule has 0 bridgehead atoms. The smallest absolute Gasteiger partial charge is 0.237 e. The maximum absolute atomic E-state index is 12.4.